The fourth-order valence-corrected chi connectivity index (χ4v) is 3.59. The molecule has 140 valence electrons. The van der Waals surface area contributed by atoms with Gasteiger partial charge in [-0.3, -0.25) is 9.69 Å². The van der Waals surface area contributed by atoms with E-state index in [9.17, 15) is 9.59 Å². The molecule has 4 atom stereocenters. The van der Waals surface area contributed by atoms with Crippen molar-refractivity contribution in [2.24, 2.45) is 5.92 Å². The van der Waals surface area contributed by atoms with Gasteiger partial charge in [0.2, 0.25) is 5.91 Å². The van der Waals surface area contributed by atoms with E-state index in [0.717, 1.165) is 19.3 Å². The molecule has 1 heterocycles. The maximum atomic E-state index is 12.5. The molecule has 1 aliphatic heterocycles. The highest BCUT2D eigenvalue weighted by Gasteiger charge is 2.34. The molecule has 0 bridgehead atoms. The van der Waals surface area contributed by atoms with Crippen LogP contribution >= 0.6 is 0 Å². The highest BCUT2D eigenvalue weighted by molar-refractivity contribution is 5.81. The maximum Gasteiger partial charge on any atom is 0.407 e. The predicted molar refractivity (Wildman–Crippen MR) is 95.9 cm³/mol. The van der Waals surface area contributed by atoms with Crippen LogP contribution in [0, 0.1) is 5.92 Å². The lowest BCUT2D eigenvalue weighted by Gasteiger charge is -2.32. The molecule has 0 radical (unpaired) electrons. The van der Waals surface area contributed by atoms with Gasteiger partial charge in [-0.15, -0.1) is 0 Å². The van der Waals surface area contributed by atoms with Gasteiger partial charge in [-0.1, -0.05) is 13.8 Å². The zero-order valence-corrected chi connectivity index (χ0v) is 16.1. The Morgan fingerprint density at radius 1 is 1.17 bits per heavy atom. The lowest BCUT2D eigenvalue weighted by molar-refractivity contribution is -0.127. The topological polar surface area (TPSA) is 70.7 Å². The van der Waals surface area contributed by atoms with Crippen LogP contribution in [0.25, 0.3) is 0 Å². The number of hydrogen-bond donors (Lipinski definition) is 2. The highest BCUT2D eigenvalue weighted by atomic mass is 16.5. The second-order valence-corrected chi connectivity index (χ2v) is 7.34. The van der Waals surface area contributed by atoms with Crippen LogP contribution < -0.4 is 10.6 Å². The molecule has 1 saturated heterocycles. The van der Waals surface area contributed by atoms with Gasteiger partial charge in [-0.2, -0.15) is 0 Å². The smallest absolute Gasteiger partial charge is 0.407 e. The first-order valence-electron chi connectivity index (χ1n) is 9.24. The normalized spacial score (nSPS) is 23.8. The molecular weight excluding hydrogens is 306 g/mol. The largest absolute Gasteiger partial charge is 0.450 e. The van der Waals surface area contributed by atoms with Gasteiger partial charge in [0.1, 0.15) is 0 Å². The molecular formula is C18H35N3O3. The molecule has 0 saturated carbocycles. The number of amides is 2. The molecule has 2 amide bonds. The molecule has 1 rings (SSSR count). The maximum absolute atomic E-state index is 12.5. The summed E-state index contributed by atoms with van der Waals surface area (Å²) >= 11 is 0. The number of rotatable bonds is 8. The summed E-state index contributed by atoms with van der Waals surface area (Å²) in [5.41, 5.74) is 0. The summed E-state index contributed by atoms with van der Waals surface area (Å²) in [5.74, 6) is 0.444. The highest BCUT2D eigenvalue weighted by Crippen LogP contribution is 2.25. The summed E-state index contributed by atoms with van der Waals surface area (Å²) in [6, 6.07) is 0.600. The van der Waals surface area contributed by atoms with Crippen LogP contribution in [0.15, 0.2) is 0 Å². The minimum atomic E-state index is -0.424. The van der Waals surface area contributed by atoms with E-state index in [0.29, 0.717) is 31.2 Å². The average Bonchev–Trinajstić information content (AvgIpc) is 2.82. The quantitative estimate of drug-likeness (QED) is 0.712. The van der Waals surface area contributed by atoms with Crippen molar-refractivity contribution in [3.05, 3.63) is 0 Å². The number of ether oxygens (including phenoxy) is 1. The summed E-state index contributed by atoms with van der Waals surface area (Å²) in [5, 5.41) is 5.84. The zero-order valence-electron chi connectivity index (χ0n) is 16.1. The fraction of sp³-hybridized carbons (Fsp3) is 0.889. The third kappa shape index (κ3) is 6.30. The Morgan fingerprint density at radius 2 is 1.75 bits per heavy atom. The standard InChI is InChI=1S/C18H35N3O3/c1-7-24-18(23)20-16(10-12(2)3)11-19-17(22)15(6)21-13(4)8-9-14(21)5/h12-16H,7-11H2,1-6H3,(H,19,22)(H,20,23). The van der Waals surface area contributed by atoms with Crippen LogP contribution in [0.5, 0.6) is 0 Å². The molecule has 6 heteroatoms. The summed E-state index contributed by atoms with van der Waals surface area (Å²) in [6.45, 7) is 13.1. The summed E-state index contributed by atoms with van der Waals surface area (Å²) < 4.78 is 4.95. The third-order valence-corrected chi connectivity index (χ3v) is 4.72. The first-order valence-corrected chi connectivity index (χ1v) is 9.24. The third-order valence-electron chi connectivity index (χ3n) is 4.72. The fourth-order valence-electron chi connectivity index (χ4n) is 3.59. The van der Waals surface area contributed by atoms with Crippen LogP contribution in [0.1, 0.15) is 60.8 Å². The van der Waals surface area contributed by atoms with Gasteiger partial charge in [0, 0.05) is 24.7 Å². The number of nitrogens with zero attached hydrogens (tertiary/aromatic N) is 1. The second-order valence-electron chi connectivity index (χ2n) is 7.34. The van der Waals surface area contributed by atoms with Gasteiger partial charge >= 0.3 is 6.09 Å². The van der Waals surface area contributed by atoms with Crippen molar-refractivity contribution in [2.45, 2.75) is 85.0 Å². The van der Waals surface area contributed by atoms with E-state index in [-0.39, 0.29) is 18.0 Å². The average molecular weight is 341 g/mol. The van der Waals surface area contributed by atoms with Crippen LogP contribution in [0.2, 0.25) is 0 Å². The first-order chi connectivity index (χ1) is 11.3. The van der Waals surface area contributed by atoms with Gasteiger partial charge in [0.05, 0.1) is 12.6 Å². The predicted octanol–water partition coefficient (Wildman–Crippen LogP) is 2.52. The number of carbonyl (C=O) groups is 2. The van der Waals surface area contributed by atoms with Crippen molar-refractivity contribution in [2.75, 3.05) is 13.2 Å². The monoisotopic (exact) mass is 341 g/mol. The Hall–Kier alpha value is -1.30. The van der Waals surface area contributed by atoms with Crippen molar-refractivity contribution in [1.82, 2.24) is 15.5 Å². The second kappa shape index (κ2) is 9.87. The van der Waals surface area contributed by atoms with Crippen molar-refractivity contribution in [3.8, 4) is 0 Å². The molecule has 0 spiro atoms. The molecule has 4 unspecified atom stereocenters. The van der Waals surface area contributed by atoms with Crippen LogP contribution in [-0.2, 0) is 9.53 Å². The van der Waals surface area contributed by atoms with Crippen molar-refractivity contribution < 1.29 is 14.3 Å². The van der Waals surface area contributed by atoms with E-state index in [1.807, 2.05) is 6.92 Å². The molecule has 0 aromatic carbocycles. The van der Waals surface area contributed by atoms with Gasteiger partial charge in [0.25, 0.3) is 0 Å². The molecule has 0 aromatic rings. The molecule has 0 aliphatic carbocycles. The van der Waals surface area contributed by atoms with E-state index in [1.54, 1.807) is 6.92 Å². The number of carbonyl (C=O) groups excluding carboxylic acids is 2. The summed E-state index contributed by atoms with van der Waals surface area (Å²) in [7, 11) is 0. The van der Waals surface area contributed by atoms with E-state index < -0.39 is 6.09 Å². The summed E-state index contributed by atoms with van der Waals surface area (Å²) in [6.07, 6.45) is 2.65. The molecule has 0 aromatic heterocycles. The minimum absolute atomic E-state index is 0.0232. The Kier molecular flexibility index (Phi) is 8.53. The molecule has 2 N–H and O–H groups in total. The van der Waals surface area contributed by atoms with Gasteiger partial charge < -0.3 is 15.4 Å². The number of nitrogens with one attached hydrogen (secondary N) is 2. The van der Waals surface area contributed by atoms with E-state index in [4.69, 9.17) is 4.74 Å². The molecule has 6 nitrogen and oxygen atoms in total. The first kappa shape index (κ1) is 20.7. The zero-order chi connectivity index (χ0) is 18.3. The SMILES string of the molecule is CCOC(=O)NC(CNC(=O)C(C)N1C(C)CCC1C)CC(C)C. The van der Waals surface area contributed by atoms with Gasteiger partial charge in [-0.25, -0.2) is 4.79 Å². The molecule has 1 fully saturated rings. The number of likely N-dealkylation sites (tertiary alicyclic amines) is 1. The van der Waals surface area contributed by atoms with Crippen molar-refractivity contribution in [3.63, 3.8) is 0 Å². The Morgan fingerprint density at radius 3 is 2.25 bits per heavy atom. The van der Waals surface area contributed by atoms with E-state index >= 15 is 0 Å². The van der Waals surface area contributed by atoms with E-state index in [2.05, 4.69) is 43.2 Å². The van der Waals surface area contributed by atoms with Crippen molar-refractivity contribution >= 4 is 12.0 Å². The van der Waals surface area contributed by atoms with E-state index in [1.165, 1.54) is 0 Å². The Labute approximate surface area is 146 Å². The molecule has 1 aliphatic rings. The van der Waals surface area contributed by atoms with Crippen LogP contribution in [0.4, 0.5) is 4.79 Å². The summed E-state index contributed by atoms with van der Waals surface area (Å²) in [4.78, 5) is 26.5. The number of hydrogen-bond acceptors (Lipinski definition) is 4. The van der Waals surface area contributed by atoms with Gasteiger partial charge in [-0.05, 0) is 52.9 Å². The molecule has 24 heavy (non-hydrogen) atoms. The lowest BCUT2D eigenvalue weighted by atomic mass is 10.0. The van der Waals surface area contributed by atoms with Crippen molar-refractivity contribution in [1.29, 1.82) is 0 Å². The van der Waals surface area contributed by atoms with Crippen LogP contribution in [-0.4, -0.2) is 54.2 Å². The number of alkyl carbamates (subject to hydrolysis) is 1. The minimum Gasteiger partial charge on any atom is -0.450 e. The Bertz CT molecular complexity index is 404. The van der Waals surface area contributed by atoms with Crippen LogP contribution in [0.3, 0.4) is 0 Å². The van der Waals surface area contributed by atoms with Gasteiger partial charge in [0.15, 0.2) is 0 Å². The Balaban J connectivity index is 2.54. The lowest BCUT2D eigenvalue weighted by Crippen LogP contribution is -2.52.